The summed E-state index contributed by atoms with van der Waals surface area (Å²) in [4.78, 5) is 16.6. The Kier molecular flexibility index (Phi) is 3.59. The number of nitrogens with zero attached hydrogens (tertiary/aromatic N) is 1. The van der Waals surface area contributed by atoms with Crippen LogP contribution in [-0.4, -0.2) is 23.5 Å². The third kappa shape index (κ3) is 2.37. The minimum absolute atomic E-state index is 0.00993. The van der Waals surface area contributed by atoms with Crippen LogP contribution in [0.2, 0.25) is 5.02 Å². The number of aromatic nitrogens is 1. The van der Waals surface area contributed by atoms with Gasteiger partial charge in [0.2, 0.25) is 5.91 Å². The Hall–Kier alpha value is -1.65. The Morgan fingerprint density at radius 3 is 3.05 bits per heavy atom. The summed E-state index contributed by atoms with van der Waals surface area (Å²) in [5.74, 6) is 0.339. The van der Waals surface area contributed by atoms with E-state index < -0.39 is 0 Å². The first-order chi connectivity index (χ1) is 9.66. The van der Waals surface area contributed by atoms with Crippen LogP contribution in [0, 0.1) is 5.92 Å². The van der Waals surface area contributed by atoms with Gasteiger partial charge >= 0.3 is 0 Å². The van der Waals surface area contributed by atoms with Crippen LogP contribution in [-0.2, 0) is 4.79 Å². The van der Waals surface area contributed by atoms with Crippen molar-refractivity contribution in [1.29, 1.82) is 0 Å². The number of rotatable bonds is 2. The van der Waals surface area contributed by atoms with Crippen molar-refractivity contribution in [3.05, 3.63) is 35.5 Å². The lowest BCUT2D eigenvalue weighted by Crippen LogP contribution is -2.39. The number of carbonyl (C=O) groups excluding carboxylic acids is 1. The molecule has 1 aliphatic rings. The highest BCUT2D eigenvalue weighted by molar-refractivity contribution is 6.35. The largest absolute Gasteiger partial charge is 0.323 e. The van der Waals surface area contributed by atoms with Gasteiger partial charge in [-0.25, -0.2) is 0 Å². The monoisotopic (exact) mass is 289 g/mol. The number of amides is 1. The van der Waals surface area contributed by atoms with Gasteiger partial charge in [0.15, 0.2) is 0 Å². The summed E-state index contributed by atoms with van der Waals surface area (Å²) < 4.78 is 0. The number of pyridine rings is 1. The first kappa shape index (κ1) is 13.3. The fourth-order valence-electron chi connectivity index (χ4n) is 2.63. The molecule has 1 saturated heterocycles. The van der Waals surface area contributed by atoms with E-state index in [2.05, 4.69) is 22.5 Å². The Labute approximate surface area is 122 Å². The summed E-state index contributed by atoms with van der Waals surface area (Å²) in [6, 6.07) is 7.18. The molecule has 0 aliphatic carbocycles. The number of anilines is 1. The van der Waals surface area contributed by atoms with Crippen molar-refractivity contribution in [2.75, 3.05) is 11.9 Å². The van der Waals surface area contributed by atoms with Gasteiger partial charge in [-0.3, -0.25) is 9.78 Å². The van der Waals surface area contributed by atoms with Gasteiger partial charge in [0.1, 0.15) is 0 Å². The first-order valence-electron chi connectivity index (χ1n) is 6.74. The zero-order valence-corrected chi connectivity index (χ0v) is 11.9. The van der Waals surface area contributed by atoms with Gasteiger partial charge in [-0.15, -0.1) is 0 Å². The van der Waals surface area contributed by atoms with Gasteiger partial charge in [-0.1, -0.05) is 18.5 Å². The third-order valence-electron chi connectivity index (χ3n) is 3.79. The SMILES string of the molecule is CC1CCNC1C(=O)Nc1ccc(Cl)c2cccnc12. The number of fused-ring (bicyclic) bond motifs is 1. The second kappa shape index (κ2) is 5.38. The zero-order chi connectivity index (χ0) is 14.1. The lowest BCUT2D eigenvalue weighted by molar-refractivity contribution is -0.118. The van der Waals surface area contributed by atoms with Crippen LogP contribution in [0.25, 0.3) is 10.9 Å². The summed E-state index contributed by atoms with van der Waals surface area (Å²) in [5, 5.41) is 7.67. The minimum atomic E-state index is -0.135. The van der Waals surface area contributed by atoms with Crippen LogP contribution in [0.1, 0.15) is 13.3 Å². The molecule has 2 atom stereocenters. The van der Waals surface area contributed by atoms with Crippen molar-refractivity contribution in [1.82, 2.24) is 10.3 Å². The number of carbonyl (C=O) groups is 1. The molecular formula is C15H16ClN3O. The first-order valence-corrected chi connectivity index (χ1v) is 7.12. The van der Waals surface area contributed by atoms with Gasteiger partial charge in [0.05, 0.1) is 22.3 Å². The molecule has 4 nitrogen and oxygen atoms in total. The third-order valence-corrected chi connectivity index (χ3v) is 4.12. The summed E-state index contributed by atoms with van der Waals surface area (Å²) in [6.45, 7) is 2.97. The van der Waals surface area contributed by atoms with Gasteiger partial charge in [0, 0.05) is 11.6 Å². The lowest BCUT2D eigenvalue weighted by Gasteiger charge is -2.16. The maximum atomic E-state index is 12.3. The molecule has 20 heavy (non-hydrogen) atoms. The van der Waals surface area contributed by atoms with Crippen LogP contribution < -0.4 is 10.6 Å². The summed E-state index contributed by atoms with van der Waals surface area (Å²) in [5.41, 5.74) is 1.43. The standard InChI is InChI=1S/C15H16ClN3O/c1-9-6-8-18-13(9)15(20)19-12-5-4-11(16)10-3-2-7-17-14(10)12/h2-5,7,9,13,18H,6,8H2,1H3,(H,19,20). The summed E-state index contributed by atoms with van der Waals surface area (Å²) >= 11 is 6.15. The molecule has 1 fully saturated rings. The second-order valence-electron chi connectivity index (χ2n) is 5.18. The van der Waals surface area contributed by atoms with Crippen LogP contribution in [0.5, 0.6) is 0 Å². The fraction of sp³-hybridized carbons (Fsp3) is 0.333. The minimum Gasteiger partial charge on any atom is -0.323 e. The van der Waals surface area contributed by atoms with E-state index in [9.17, 15) is 4.79 Å². The van der Waals surface area contributed by atoms with Gasteiger partial charge < -0.3 is 10.6 Å². The lowest BCUT2D eigenvalue weighted by atomic mass is 10.0. The number of hydrogen-bond donors (Lipinski definition) is 2. The topological polar surface area (TPSA) is 54.0 Å². The molecule has 104 valence electrons. The van der Waals surface area contributed by atoms with Gasteiger partial charge in [0.25, 0.3) is 0 Å². The van der Waals surface area contributed by atoms with Gasteiger partial charge in [-0.2, -0.15) is 0 Å². The molecule has 1 amide bonds. The van der Waals surface area contributed by atoms with Crippen LogP contribution in [0.3, 0.4) is 0 Å². The highest BCUT2D eigenvalue weighted by Crippen LogP contribution is 2.28. The number of benzene rings is 1. The smallest absolute Gasteiger partial charge is 0.241 e. The second-order valence-corrected chi connectivity index (χ2v) is 5.59. The predicted molar refractivity (Wildman–Crippen MR) is 81.0 cm³/mol. The Bertz CT molecular complexity index is 659. The molecule has 2 aromatic rings. The van der Waals surface area contributed by atoms with E-state index in [1.807, 2.05) is 12.1 Å². The van der Waals surface area contributed by atoms with E-state index in [1.165, 1.54) is 0 Å². The summed E-state index contributed by atoms with van der Waals surface area (Å²) in [7, 11) is 0. The maximum absolute atomic E-state index is 12.3. The zero-order valence-electron chi connectivity index (χ0n) is 11.2. The van der Waals surface area contributed by atoms with Gasteiger partial charge in [-0.05, 0) is 43.1 Å². The molecule has 1 aromatic carbocycles. The van der Waals surface area contributed by atoms with Crippen LogP contribution >= 0.6 is 11.6 Å². The molecule has 2 unspecified atom stereocenters. The van der Waals surface area contributed by atoms with Crippen molar-refractivity contribution in [2.45, 2.75) is 19.4 Å². The normalized spacial score (nSPS) is 22.1. The quantitative estimate of drug-likeness (QED) is 0.894. The Balaban J connectivity index is 1.91. The van der Waals surface area contributed by atoms with Crippen molar-refractivity contribution in [2.24, 2.45) is 5.92 Å². The fourth-order valence-corrected chi connectivity index (χ4v) is 2.85. The average molecular weight is 290 g/mol. The maximum Gasteiger partial charge on any atom is 0.241 e. The van der Waals surface area contributed by atoms with Crippen LogP contribution in [0.15, 0.2) is 30.5 Å². The molecule has 0 saturated carbocycles. The van der Waals surface area contributed by atoms with Crippen molar-refractivity contribution >= 4 is 34.1 Å². The Morgan fingerprint density at radius 1 is 1.45 bits per heavy atom. The highest BCUT2D eigenvalue weighted by Gasteiger charge is 2.29. The molecule has 1 aliphatic heterocycles. The van der Waals surface area contributed by atoms with E-state index in [0.717, 1.165) is 23.9 Å². The molecule has 0 radical (unpaired) electrons. The van der Waals surface area contributed by atoms with Crippen molar-refractivity contribution < 1.29 is 4.79 Å². The average Bonchev–Trinajstić information content (AvgIpc) is 2.88. The van der Waals surface area contributed by atoms with Crippen molar-refractivity contribution in [3.63, 3.8) is 0 Å². The Morgan fingerprint density at radius 2 is 2.30 bits per heavy atom. The molecule has 1 aromatic heterocycles. The molecule has 2 heterocycles. The highest BCUT2D eigenvalue weighted by atomic mass is 35.5. The van der Waals surface area contributed by atoms with Crippen LogP contribution in [0.4, 0.5) is 5.69 Å². The molecule has 5 heteroatoms. The molecule has 3 rings (SSSR count). The van der Waals surface area contributed by atoms with E-state index in [0.29, 0.717) is 16.6 Å². The summed E-state index contributed by atoms with van der Waals surface area (Å²) in [6.07, 6.45) is 2.72. The molecule has 0 spiro atoms. The van der Waals surface area contributed by atoms with E-state index in [-0.39, 0.29) is 11.9 Å². The molecule has 0 bridgehead atoms. The molecular weight excluding hydrogens is 274 g/mol. The van der Waals surface area contributed by atoms with Crippen molar-refractivity contribution in [3.8, 4) is 0 Å². The van der Waals surface area contributed by atoms with E-state index in [1.54, 1.807) is 18.3 Å². The number of hydrogen-bond acceptors (Lipinski definition) is 3. The van der Waals surface area contributed by atoms with E-state index >= 15 is 0 Å². The number of nitrogens with one attached hydrogen (secondary N) is 2. The predicted octanol–water partition coefficient (Wildman–Crippen LogP) is 2.82. The molecule has 2 N–H and O–H groups in total. The number of halogens is 1. The van der Waals surface area contributed by atoms with E-state index in [4.69, 9.17) is 11.6 Å².